The standard InChI is InChI=1S/C23H23NO5/c1-2-13-28-17-9-7-16(8-10-17)21(25)11-12-23(27)29-15-22(26)19-14-24-20-6-4-3-5-18(19)20/h3-10,14,24H,2,11-13,15H2,1H3. The largest absolute Gasteiger partial charge is 0.494 e. The highest BCUT2D eigenvalue weighted by Gasteiger charge is 2.15. The minimum absolute atomic E-state index is 0.0231. The zero-order chi connectivity index (χ0) is 20.6. The van der Waals surface area contributed by atoms with E-state index in [0.29, 0.717) is 23.5 Å². The van der Waals surface area contributed by atoms with Gasteiger partial charge < -0.3 is 14.5 Å². The molecule has 0 aliphatic rings. The first-order valence-electron chi connectivity index (χ1n) is 9.59. The van der Waals surface area contributed by atoms with Crippen LogP contribution in [0.3, 0.4) is 0 Å². The molecule has 0 aliphatic heterocycles. The number of rotatable bonds is 10. The summed E-state index contributed by atoms with van der Waals surface area (Å²) in [7, 11) is 0. The van der Waals surface area contributed by atoms with E-state index in [0.717, 1.165) is 17.3 Å². The first-order chi connectivity index (χ1) is 14.1. The third-order valence-electron chi connectivity index (χ3n) is 4.46. The van der Waals surface area contributed by atoms with Crippen LogP contribution in [0.15, 0.2) is 54.7 Å². The van der Waals surface area contributed by atoms with Crippen LogP contribution in [0.2, 0.25) is 0 Å². The SMILES string of the molecule is CCCOc1ccc(C(=O)CCC(=O)OCC(=O)c2c[nH]c3ccccc23)cc1. The summed E-state index contributed by atoms with van der Waals surface area (Å²) in [6.07, 6.45) is 2.47. The van der Waals surface area contributed by atoms with Crippen LogP contribution in [0.5, 0.6) is 5.75 Å². The molecular formula is C23H23NO5. The summed E-state index contributed by atoms with van der Waals surface area (Å²) in [6, 6.07) is 14.2. The average Bonchev–Trinajstić information content (AvgIpc) is 3.19. The Morgan fingerprint density at radius 2 is 1.69 bits per heavy atom. The summed E-state index contributed by atoms with van der Waals surface area (Å²) < 4.78 is 10.5. The van der Waals surface area contributed by atoms with E-state index in [9.17, 15) is 14.4 Å². The molecule has 1 N–H and O–H groups in total. The molecule has 2 aromatic carbocycles. The predicted octanol–water partition coefficient (Wildman–Crippen LogP) is 4.35. The molecule has 0 spiro atoms. The fourth-order valence-corrected chi connectivity index (χ4v) is 2.92. The lowest BCUT2D eigenvalue weighted by atomic mass is 10.1. The van der Waals surface area contributed by atoms with Crippen LogP contribution < -0.4 is 4.74 Å². The fourth-order valence-electron chi connectivity index (χ4n) is 2.92. The smallest absolute Gasteiger partial charge is 0.306 e. The van der Waals surface area contributed by atoms with Crippen molar-refractivity contribution in [2.45, 2.75) is 26.2 Å². The third kappa shape index (κ3) is 5.31. The molecule has 0 aliphatic carbocycles. The predicted molar refractivity (Wildman–Crippen MR) is 109 cm³/mol. The van der Waals surface area contributed by atoms with Gasteiger partial charge in [-0.2, -0.15) is 0 Å². The molecule has 0 saturated heterocycles. The van der Waals surface area contributed by atoms with Gasteiger partial charge in [0.1, 0.15) is 5.75 Å². The molecule has 150 valence electrons. The van der Waals surface area contributed by atoms with E-state index in [-0.39, 0.29) is 31.0 Å². The summed E-state index contributed by atoms with van der Waals surface area (Å²) in [5, 5.41) is 0.787. The molecule has 3 rings (SSSR count). The van der Waals surface area contributed by atoms with Crippen LogP contribution in [0.1, 0.15) is 46.9 Å². The number of carbonyl (C=O) groups excluding carboxylic acids is 3. The van der Waals surface area contributed by atoms with Crippen molar-refractivity contribution in [2.24, 2.45) is 0 Å². The van der Waals surface area contributed by atoms with Gasteiger partial charge in [0.25, 0.3) is 0 Å². The van der Waals surface area contributed by atoms with Crippen molar-refractivity contribution in [3.63, 3.8) is 0 Å². The number of carbonyl (C=O) groups is 3. The molecule has 0 radical (unpaired) electrons. The van der Waals surface area contributed by atoms with Gasteiger partial charge in [-0.25, -0.2) is 0 Å². The lowest BCUT2D eigenvalue weighted by Gasteiger charge is -2.06. The number of fused-ring (bicyclic) bond motifs is 1. The van der Waals surface area contributed by atoms with Crippen LogP contribution in [0, 0.1) is 0 Å². The first-order valence-corrected chi connectivity index (χ1v) is 9.59. The number of ether oxygens (including phenoxy) is 2. The number of hydrogen-bond acceptors (Lipinski definition) is 5. The van der Waals surface area contributed by atoms with Gasteiger partial charge in [-0.05, 0) is 36.8 Å². The van der Waals surface area contributed by atoms with Gasteiger partial charge >= 0.3 is 5.97 Å². The second-order valence-electron chi connectivity index (χ2n) is 6.63. The Kier molecular flexibility index (Phi) is 6.79. The molecule has 0 amide bonds. The molecule has 0 atom stereocenters. The van der Waals surface area contributed by atoms with Gasteiger partial charge in [0.15, 0.2) is 12.4 Å². The number of esters is 1. The lowest BCUT2D eigenvalue weighted by molar-refractivity contribution is -0.142. The lowest BCUT2D eigenvalue weighted by Crippen LogP contribution is -2.15. The van der Waals surface area contributed by atoms with E-state index in [2.05, 4.69) is 4.98 Å². The van der Waals surface area contributed by atoms with Crippen LogP contribution in [-0.4, -0.2) is 35.7 Å². The third-order valence-corrected chi connectivity index (χ3v) is 4.46. The molecular weight excluding hydrogens is 370 g/mol. The van der Waals surface area contributed by atoms with E-state index < -0.39 is 5.97 Å². The summed E-state index contributed by atoms with van der Waals surface area (Å²) in [4.78, 5) is 39.5. The number of benzene rings is 2. The number of H-pyrrole nitrogens is 1. The fraction of sp³-hybridized carbons (Fsp3) is 0.261. The minimum Gasteiger partial charge on any atom is -0.494 e. The van der Waals surface area contributed by atoms with E-state index in [1.807, 2.05) is 31.2 Å². The molecule has 0 saturated carbocycles. The number of nitrogens with one attached hydrogen (secondary N) is 1. The minimum atomic E-state index is -0.575. The number of para-hydroxylation sites is 1. The summed E-state index contributed by atoms with van der Waals surface area (Å²) >= 11 is 0. The van der Waals surface area contributed by atoms with Gasteiger partial charge in [0.2, 0.25) is 5.78 Å². The van der Waals surface area contributed by atoms with Crippen molar-refractivity contribution in [2.75, 3.05) is 13.2 Å². The maximum Gasteiger partial charge on any atom is 0.306 e. The molecule has 29 heavy (non-hydrogen) atoms. The normalized spacial score (nSPS) is 10.7. The Morgan fingerprint density at radius 1 is 0.931 bits per heavy atom. The quantitative estimate of drug-likeness (QED) is 0.409. The zero-order valence-corrected chi connectivity index (χ0v) is 16.3. The maximum atomic E-state index is 12.3. The second kappa shape index (κ2) is 9.68. The Balaban J connectivity index is 1.46. The van der Waals surface area contributed by atoms with Crippen LogP contribution in [0.4, 0.5) is 0 Å². The highest BCUT2D eigenvalue weighted by atomic mass is 16.5. The number of Topliss-reactive ketones (excluding diaryl/α,β-unsaturated/α-hetero) is 2. The Morgan fingerprint density at radius 3 is 2.45 bits per heavy atom. The molecule has 0 fully saturated rings. The highest BCUT2D eigenvalue weighted by molar-refractivity contribution is 6.08. The van der Waals surface area contributed by atoms with Crippen molar-refractivity contribution >= 4 is 28.4 Å². The van der Waals surface area contributed by atoms with Gasteiger partial charge in [-0.3, -0.25) is 14.4 Å². The van der Waals surface area contributed by atoms with E-state index >= 15 is 0 Å². The average molecular weight is 393 g/mol. The first kappa shape index (κ1) is 20.3. The van der Waals surface area contributed by atoms with E-state index in [1.165, 1.54) is 0 Å². The molecule has 6 nitrogen and oxygen atoms in total. The van der Waals surface area contributed by atoms with E-state index in [1.54, 1.807) is 30.5 Å². The molecule has 0 bridgehead atoms. The number of hydrogen-bond donors (Lipinski definition) is 1. The van der Waals surface area contributed by atoms with E-state index in [4.69, 9.17) is 9.47 Å². The summed E-state index contributed by atoms with van der Waals surface area (Å²) in [5.41, 5.74) is 1.84. The number of aromatic nitrogens is 1. The Bertz CT molecular complexity index is 1000. The number of aromatic amines is 1. The van der Waals surface area contributed by atoms with Crippen LogP contribution in [-0.2, 0) is 9.53 Å². The van der Waals surface area contributed by atoms with Gasteiger partial charge in [0, 0.05) is 34.6 Å². The van der Waals surface area contributed by atoms with Crippen molar-refractivity contribution in [3.05, 3.63) is 65.9 Å². The molecule has 3 aromatic rings. The summed E-state index contributed by atoms with van der Waals surface area (Å²) in [5.74, 6) is -0.315. The maximum absolute atomic E-state index is 12.3. The Hall–Kier alpha value is -3.41. The highest BCUT2D eigenvalue weighted by Crippen LogP contribution is 2.18. The van der Waals surface area contributed by atoms with Crippen molar-refractivity contribution in [1.82, 2.24) is 4.98 Å². The Labute approximate surface area is 168 Å². The zero-order valence-electron chi connectivity index (χ0n) is 16.3. The monoisotopic (exact) mass is 393 g/mol. The topological polar surface area (TPSA) is 85.5 Å². The number of ketones is 2. The second-order valence-corrected chi connectivity index (χ2v) is 6.63. The molecule has 1 heterocycles. The van der Waals surface area contributed by atoms with Crippen molar-refractivity contribution < 1.29 is 23.9 Å². The molecule has 1 aromatic heterocycles. The van der Waals surface area contributed by atoms with Crippen LogP contribution in [0.25, 0.3) is 10.9 Å². The molecule has 0 unspecified atom stereocenters. The molecule has 6 heteroatoms. The van der Waals surface area contributed by atoms with Crippen LogP contribution >= 0.6 is 0 Å². The van der Waals surface area contributed by atoms with Crippen molar-refractivity contribution in [3.8, 4) is 5.75 Å². The van der Waals surface area contributed by atoms with Crippen molar-refractivity contribution in [1.29, 1.82) is 0 Å². The van der Waals surface area contributed by atoms with Gasteiger partial charge in [-0.1, -0.05) is 25.1 Å². The van der Waals surface area contributed by atoms with Gasteiger partial charge in [-0.15, -0.1) is 0 Å². The van der Waals surface area contributed by atoms with Gasteiger partial charge in [0.05, 0.1) is 13.0 Å². The summed E-state index contributed by atoms with van der Waals surface area (Å²) in [6.45, 7) is 2.29.